The van der Waals surface area contributed by atoms with Crippen molar-refractivity contribution >= 4 is 44.4 Å². The van der Waals surface area contributed by atoms with Gasteiger partial charge in [0, 0.05) is 18.3 Å². The van der Waals surface area contributed by atoms with Crippen LogP contribution in [-0.2, 0) is 0 Å². The van der Waals surface area contributed by atoms with Gasteiger partial charge in [-0.2, -0.15) is 0 Å². The van der Waals surface area contributed by atoms with Gasteiger partial charge >= 0.3 is 0 Å². The minimum Gasteiger partial charge on any atom is -0.355 e. The van der Waals surface area contributed by atoms with Crippen LogP contribution in [0, 0.1) is 6.92 Å². The first-order valence-electron chi connectivity index (χ1n) is 6.68. The highest BCUT2D eigenvalue weighted by atomic mass is 79.9. The van der Waals surface area contributed by atoms with E-state index in [4.69, 9.17) is 0 Å². The zero-order valence-corrected chi connectivity index (χ0v) is 13.7. The lowest BCUT2D eigenvalue weighted by Crippen LogP contribution is -2.19. The largest absolute Gasteiger partial charge is 0.355 e. The summed E-state index contributed by atoms with van der Waals surface area (Å²) in [5.74, 6) is 0.505. The number of aromatic amines is 1. The molecule has 6 nitrogen and oxygen atoms in total. The summed E-state index contributed by atoms with van der Waals surface area (Å²) in [5.41, 5.74) is 3.94. The molecule has 0 saturated carbocycles. The van der Waals surface area contributed by atoms with Gasteiger partial charge in [0.1, 0.15) is 10.1 Å². The number of carbonyl (C=O) groups excluding carboxylic acids is 1. The van der Waals surface area contributed by atoms with Crippen molar-refractivity contribution < 1.29 is 4.79 Å². The van der Waals surface area contributed by atoms with Gasteiger partial charge in [-0.05, 0) is 46.6 Å². The maximum atomic E-state index is 11.9. The SMILES string of the molecule is CNC(=O)c1cc(Nc2nc(Br)cc3[nH]cnc23)ccc1C. The summed E-state index contributed by atoms with van der Waals surface area (Å²) in [7, 11) is 1.62. The van der Waals surface area contributed by atoms with Crippen LogP contribution < -0.4 is 10.6 Å². The van der Waals surface area contributed by atoms with Crippen LogP contribution >= 0.6 is 15.9 Å². The number of imidazole rings is 1. The van der Waals surface area contributed by atoms with E-state index in [1.54, 1.807) is 19.4 Å². The van der Waals surface area contributed by atoms with Crippen LogP contribution in [0.1, 0.15) is 15.9 Å². The van der Waals surface area contributed by atoms with Crippen molar-refractivity contribution in [2.45, 2.75) is 6.92 Å². The van der Waals surface area contributed by atoms with Gasteiger partial charge in [-0.3, -0.25) is 4.79 Å². The van der Waals surface area contributed by atoms with Crippen LogP contribution in [0.5, 0.6) is 0 Å². The van der Waals surface area contributed by atoms with Gasteiger partial charge in [0.15, 0.2) is 5.82 Å². The molecule has 0 unspecified atom stereocenters. The third kappa shape index (κ3) is 2.67. The molecule has 1 aromatic carbocycles. The lowest BCUT2D eigenvalue weighted by Gasteiger charge is -2.10. The molecule has 0 aliphatic heterocycles. The summed E-state index contributed by atoms with van der Waals surface area (Å²) >= 11 is 3.38. The van der Waals surface area contributed by atoms with Crippen molar-refractivity contribution in [1.29, 1.82) is 0 Å². The molecule has 2 heterocycles. The smallest absolute Gasteiger partial charge is 0.251 e. The zero-order chi connectivity index (χ0) is 15.7. The number of anilines is 2. The minimum absolute atomic E-state index is 0.117. The number of hydrogen-bond acceptors (Lipinski definition) is 4. The Balaban J connectivity index is 2.02. The number of aryl methyl sites for hydroxylation is 1. The monoisotopic (exact) mass is 359 g/mol. The lowest BCUT2D eigenvalue weighted by molar-refractivity contribution is 0.0962. The van der Waals surface area contributed by atoms with Gasteiger partial charge in [-0.1, -0.05) is 6.07 Å². The summed E-state index contributed by atoms with van der Waals surface area (Å²) in [5, 5.41) is 5.86. The van der Waals surface area contributed by atoms with Crippen molar-refractivity contribution in [2.75, 3.05) is 12.4 Å². The molecule has 0 saturated heterocycles. The summed E-state index contributed by atoms with van der Waals surface area (Å²) in [6.45, 7) is 1.90. The Labute approximate surface area is 135 Å². The van der Waals surface area contributed by atoms with E-state index in [2.05, 4.69) is 41.5 Å². The molecule has 3 aromatic rings. The Morgan fingerprint density at radius 2 is 2.14 bits per heavy atom. The first-order valence-corrected chi connectivity index (χ1v) is 7.47. The zero-order valence-electron chi connectivity index (χ0n) is 12.1. The molecular formula is C15H14BrN5O. The third-order valence-corrected chi connectivity index (χ3v) is 3.75. The molecule has 1 amide bonds. The number of nitrogens with one attached hydrogen (secondary N) is 3. The fourth-order valence-corrected chi connectivity index (χ4v) is 2.62. The first kappa shape index (κ1) is 14.5. The highest BCUT2D eigenvalue weighted by molar-refractivity contribution is 9.10. The second-order valence-electron chi connectivity index (χ2n) is 4.83. The molecule has 0 spiro atoms. The van der Waals surface area contributed by atoms with Crippen LogP contribution in [0.3, 0.4) is 0 Å². The van der Waals surface area contributed by atoms with E-state index >= 15 is 0 Å². The topological polar surface area (TPSA) is 82.7 Å². The standard InChI is InChI=1S/C15H14BrN5O/c1-8-3-4-9(5-10(8)15(22)17-2)20-14-13-11(18-7-19-13)6-12(16)21-14/h3-7H,1-2H3,(H,17,22)(H,18,19)(H,20,21). The van der Waals surface area contributed by atoms with Crippen molar-refractivity contribution in [3.63, 3.8) is 0 Å². The average Bonchev–Trinajstić information content (AvgIpc) is 2.96. The van der Waals surface area contributed by atoms with Crippen LogP contribution in [-0.4, -0.2) is 27.9 Å². The molecule has 0 aliphatic rings. The molecule has 3 rings (SSSR count). The van der Waals surface area contributed by atoms with Gasteiger partial charge in [-0.15, -0.1) is 0 Å². The molecular weight excluding hydrogens is 346 g/mol. The molecule has 0 fully saturated rings. The molecule has 0 bridgehead atoms. The number of amides is 1. The van der Waals surface area contributed by atoms with Gasteiger partial charge in [-0.25, -0.2) is 9.97 Å². The van der Waals surface area contributed by atoms with E-state index in [0.29, 0.717) is 16.0 Å². The Hall–Kier alpha value is -2.41. The van der Waals surface area contributed by atoms with E-state index in [1.165, 1.54) is 0 Å². The molecule has 3 N–H and O–H groups in total. The van der Waals surface area contributed by atoms with Gasteiger partial charge in [0.25, 0.3) is 5.91 Å². The number of nitrogens with zero attached hydrogens (tertiary/aromatic N) is 2. The van der Waals surface area contributed by atoms with Crippen LogP contribution in [0.25, 0.3) is 11.0 Å². The maximum Gasteiger partial charge on any atom is 0.251 e. The number of benzene rings is 1. The van der Waals surface area contributed by atoms with E-state index in [1.807, 2.05) is 25.1 Å². The summed E-state index contributed by atoms with van der Waals surface area (Å²) in [4.78, 5) is 23.6. The molecule has 112 valence electrons. The van der Waals surface area contributed by atoms with E-state index < -0.39 is 0 Å². The van der Waals surface area contributed by atoms with Crippen molar-refractivity contribution in [1.82, 2.24) is 20.3 Å². The Kier molecular flexibility index (Phi) is 3.81. The Morgan fingerprint density at radius 1 is 1.32 bits per heavy atom. The van der Waals surface area contributed by atoms with Gasteiger partial charge < -0.3 is 15.6 Å². The molecule has 0 atom stereocenters. The number of aromatic nitrogens is 3. The summed E-state index contributed by atoms with van der Waals surface area (Å²) < 4.78 is 0.699. The minimum atomic E-state index is -0.117. The average molecular weight is 360 g/mol. The van der Waals surface area contributed by atoms with Crippen molar-refractivity contribution in [3.8, 4) is 0 Å². The van der Waals surface area contributed by atoms with Gasteiger partial charge in [0.2, 0.25) is 0 Å². The van der Waals surface area contributed by atoms with Crippen LogP contribution in [0.15, 0.2) is 35.2 Å². The Morgan fingerprint density at radius 3 is 2.91 bits per heavy atom. The van der Waals surface area contributed by atoms with Crippen molar-refractivity contribution in [3.05, 3.63) is 46.3 Å². The number of carbonyl (C=O) groups is 1. The highest BCUT2D eigenvalue weighted by Gasteiger charge is 2.11. The van der Waals surface area contributed by atoms with Crippen molar-refractivity contribution in [2.24, 2.45) is 0 Å². The first-order chi connectivity index (χ1) is 10.6. The molecule has 0 radical (unpaired) electrons. The second-order valence-corrected chi connectivity index (χ2v) is 5.64. The number of halogens is 1. The third-order valence-electron chi connectivity index (χ3n) is 3.35. The molecule has 22 heavy (non-hydrogen) atoms. The molecule has 0 aliphatic carbocycles. The van der Waals surface area contributed by atoms with E-state index in [9.17, 15) is 4.79 Å². The fraction of sp³-hybridized carbons (Fsp3) is 0.133. The normalized spacial score (nSPS) is 10.7. The summed E-state index contributed by atoms with van der Waals surface area (Å²) in [6, 6.07) is 7.46. The maximum absolute atomic E-state index is 11.9. The predicted octanol–water partition coefficient (Wildman–Crippen LogP) is 3.13. The number of pyridine rings is 1. The lowest BCUT2D eigenvalue weighted by atomic mass is 10.1. The predicted molar refractivity (Wildman–Crippen MR) is 89.4 cm³/mol. The van der Waals surface area contributed by atoms with E-state index in [0.717, 1.165) is 22.3 Å². The quantitative estimate of drug-likeness (QED) is 0.627. The van der Waals surface area contributed by atoms with E-state index in [-0.39, 0.29) is 5.91 Å². The number of hydrogen-bond donors (Lipinski definition) is 3. The van der Waals surface area contributed by atoms with Crippen LogP contribution in [0.4, 0.5) is 11.5 Å². The van der Waals surface area contributed by atoms with Crippen LogP contribution in [0.2, 0.25) is 0 Å². The molecule has 7 heteroatoms. The highest BCUT2D eigenvalue weighted by Crippen LogP contribution is 2.26. The fourth-order valence-electron chi connectivity index (χ4n) is 2.22. The number of fused-ring (bicyclic) bond motifs is 1. The molecule has 2 aromatic heterocycles. The Bertz CT molecular complexity index is 858. The number of rotatable bonds is 3. The second kappa shape index (κ2) is 5.76. The number of H-pyrrole nitrogens is 1. The van der Waals surface area contributed by atoms with Gasteiger partial charge in [0.05, 0.1) is 11.8 Å². The summed E-state index contributed by atoms with van der Waals surface area (Å²) in [6.07, 6.45) is 1.62.